The van der Waals surface area contributed by atoms with Crippen molar-refractivity contribution in [1.82, 2.24) is 0 Å². The van der Waals surface area contributed by atoms with E-state index in [0.717, 1.165) is 6.42 Å². The molecule has 6 heteroatoms. The highest BCUT2D eigenvalue weighted by Crippen LogP contribution is 2.30. The highest BCUT2D eigenvalue weighted by Gasteiger charge is 2.37. The molecule has 0 bridgehead atoms. The minimum Gasteiger partial charge on any atom is -0.394 e. The van der Waals surface area contributed by atoms with Crippen LogP contribution in [-0.2, 0) is 16.1 Å². The lowest BCUT2D eigenvalue weighted by molar-refractivity contribution is -0.386. The van der Waals surface area contributed by atoms with Crippen LogP contribution in [0.1, 0.15) is 32.3 Å². The molecule has 0 spiro atoms. The zero-order valence-corrected chi connectivity index (χ0v) is 13.0. The van der Waals surface area contributed by atoms with E-state index in [0.29, 0.717) is 17.9 Å². The number of rotatable bonds is 7. The van der Waals surface area contributed by atoms with Crippen LogP contribution in [0, 0.1) is 16.0 Å². The molecule has 6 nitrogen and oxygen atoms in total. The molecule has 0 saturated carbocycles. The summed E-state index contributed by atoms with van der Waals surface area (Å²) in [6.45, 7) is 4.26. The van der Waals surface area contributed by atoms with Gasteiger partial charge in [-0.2, -0.15) is 0 Å². The van der Waals surface area contributed by atoms with Gasteiger partial charge in [-0.25, -0.2) is 0 Å². The average Bonchev–Trinajstić information content (AvgIpc) is 2.95. The van der Waals surface area contributed by atoms with E-state index in [-0.39, 0.29) is 37.2 Å². The number of hydrogen-bond donors (Lipinski definition) is 1. The summed E-state index contributed by atoms with van der Waals surface area (Å²) in [6.07, 6.45) is 1.18. The normalized spacial score (nSPS) is 26.0. The van der Waals surface area contributed by atoms with Gasteiger partial charge in [0.05, 0.1) is 35.9 Å². The van der Waals surface area contributed by atoms with Crippen LogP contribution in [0.2, 0.25) is 0 Å². The summed E-state index contributed by atoms with van der Waals surface area (Å²) in [4.78, 5) is 10.6. The molecule has 1 aliphatic rings. The van der Waals surface area contributed by atoms with Gasteiger partial charge in [0.25, 0.3) is 5.69 Å². The van der Waals surface area contributed by atoms with Crippen molar-refractivity contribution >= 4 is 5.69 Å². The third kappa shape index (κ3) is 3.82. The first-order valence-corrected chi connectivity index (χ1v) is 7.67. The molecule has 0 aromatic heterocycles. The standard InChI is InChI=1S/C16H23NO5/c1-3-11(2)14-8-15(16(9-18)22-14)21-10-12-6-4-5-7-13(12)17(19)20/h4-7,11,14-16,18H,3,8-10H2,1-2H3. The van der Waals surface area contributed by atoms with Crippen molar-refractivity contribution in [2.45, 2.75) is 51.6 Å². The minimum absolute atomic E-state index is 0.0560. The van der Waals surface area contributed by atoms with Gasteiger partial charge in [0.2, 0.25) is 0 Å². The second-order valence-corrected chi connectivity index (χ2v) is 5.75. The number of benzene rings is 1. The van der Waals surface area contributed by atoms with Gasteiger partial charge in [-0.15, -0.1) is 0 Å². The maximum absolute atomic E-state index is 11.0. The van der Waals surface area contributed by atoms with Crippen LogP contribution < -0.4 is 0 Å². The Kier molecular flexibility index (Phi) is 5.88. The number of nitro groups is 1. The summed E-state index contributed by atoms with van der Waals surface area (Å²) in [6, 6.07) is 6.54. The van der Waals surface area contributed by atoms with Crippen molar-refractivity contribution in [2.24, 2.45) is 5.92 Å². The summed E-state index contributed by atoms with van der Waals surface area (Å²) >= 11 is 0. The lowest BCUT2D eigenvalue weighted by Gasteiger charge is -2.17. The van der Waals surface area contributed by atoms with Gasteiger partial charge in [-0.3, -0.25) is 10.1 Å². The van der Waals surface area contributed by atoms with E-state index in [4.69, 9.17) is 9.47 Å². The number of para-hydroxylation sites is 1. The summed E-state index contributed by atoms with van der Waals surface area (Å²) in [5.74, 6) is 0.397. The SMILES string of the molecule is CCC(C)C1CC(OCc2ccccc2[N+](=O)[O-])C(CO)O1. The van der Waals surface area contributed by atoms with Crippen molar-refractivity contribution < 1.29 is 19.5 Å². The highest BCUT2D eigenvalue weighted by atomic mass is 16.6. The molecular formula is C16H23NO5. The van der Waals surface area contributed by atoms with Crippen molar-refractivity contribution in [1.29, 1.82) is 0 Å². The van der Waals surface area contributed by atoms with Crippen LogP contribution in [-0.4, -0.2) is 34.9 Å². The molecular weight excluding hydrogens is 286 g/mol. The largest absolute Gasteiger partial charge is 0.394 e. The molecule has 122 valence electrons. The Bertz CT molecular complexity index is 507. The fraction of sp³-hybridized carbons (Fsp3) is 0.625. The Morgan fingerprint density at radius 1 is 1.50 bits per heavy atom. The highest BCUT2D eigenvalue weighted by molar-refractivity contribution is 5.39. The smallest absolute Gasteiger partial charge is 0.274 e. The second kappa shape index (κ2) is 7.67. The van der Waals surface area contributed by atoms with Crippen molar-refractivity contribution in [2.75, 3.05) is 6.61 Å². The summed E-state index contributed by atoms with van der Waals surface area (Å²) < 4.78 is 11.7. The van der Waals surface area contributed by atoms with Crippen LogP contribution >= 0.6 is 0 Å². The van der Waals surface area contributed by atoms with Gasteiger partial charge in [-0.05, 0) is 12.0 Å². The molecule has 1 aromatic rings. The van der Waals surface area contributed by atoms with Gasteiger partial charge in [0.15, 0.2) is 0 Å². The predicted octanol–water partition coefficient (Wildman–Crippen LogP) is 2.68. The number of aliphatic hydroxyl groups is 1. The van der Waals surface area contributed by atoms with E-state index in [2.05, 4.69) is 13.8 Å². The first-order valence-electron chi connectivity index (χ1n) is 7.67. The first kappa shape index (κ1) is 16.9. The minimum atomic E-state index is -0.407. The number of ether oxygens (including phenoxy) is 2. The predicted molar refractivity (Wildman–Crippen MR) is 81.5 cm³/mol. The molecule has 1 saturated heterocycles. The molecule has 1 aromatic carbocycles. The second-order valence-electron chi connectivity index (χ2n) is 5.75. The van der Waals surface area contributed by atoms with Crippen LogP contribution in [0.3, 0.4) is 0 Å². The van der Waals surface area contributed by atoms with Gasteiger partial charge < -0.3 is 14.6 Å². The van der Waals surface area contributed by atoms with Gasteiger partial charge >= 0.3 is 0 Å². The Hall–Kier alpha value is -1.50. The Morgan fingerprint density at radius 2 is 2.23 bits per heavy atom. The van der Waals surface area contributed by atoms with Crippen LogP contribution in [0.15, 0.2) is 24.3 Å². The number of nitrogens with zero attached hydrogens (tertiary/aromatic N) is 1. The monoisotopic (exact) mass is 309 g/mol. The molecule has 0 radical (unpaired) electrons. The molecule has 1 fully saturated rings. The van der Waals surface area contributed by atoms with Gasteiger partial charge in [0, 0.05) is 12.5 Å². The first-order chi connectivity index (χ1) is 10.6. The molecule has 1 heterocycles. The van der Waals surface area contributed by atoms with Crippen molar-refractivity contribution in [3.63, 3.8) is 0 Å². The maximum Gasteiger partial charge on any atom is 0.274 e. The molecule has 2 rings (SSSR count). The Labute approximate surface area is 130 Å². The van der Waals surface area contributed by atoms with Crippen LogP contribution in [0.5, 0.6) is 0 Å². The maximum atomic E-state index is 11.0. The summed E-state index contributed by atoms with van der Waals surface area (Å²) in [7, 11) is 0. The fourth-order valence-corrected chi connectivity index (χ4v) is 2.72. The lowest BCUT2D eigenvalue weighted by atomic mass is 9.98. The van der Waals surface area contributed by atoms with Crippen molar-refractivity contribution in [3.8, 4) is 0 Å². The zero-order valence-electron chi connectivity index (χ0n) is 13.0. The fourth-order valence-electron chi connectivity index (χ4n) is 2.72. The molecule has 4 atom stereocenters. The lowest BCUT2D eigenvalue weighted by Crippen LogP contribution is -2.27. The zero-order chi connectivity index (χ0) is 16.1. The Balaban J connectivity index is 2.00. The van der Waals surface area contributed by atoms with E-state index >= 15 is 0 Å². The van der Waals surface area contributed by atoms with Crippen LogP contribution in [0.25, 0.3) is 0 Å². The van der Waals surface area contributed by atoms with E-state index in [9.17, 15) is 15.2 Å². The van der Waals surface area contributed by atoms with Crippen molar-refractivity contribution in [3.05, 3.63) is 39.9 Å². The third-order valence-corrected chi connectivity index (χ3v) is 4.33. The Morgan fingerprint density at radius 3 is 2.86 bits per heavy atom. The summed E-state index contributed by atoms with van der Waals surface area (Å²) in [5, 5.41) is 20.4. The van der Waals surface area contributed by atoms with Gasteiger partial charge in [-0.1, -0.05) is 32.4 Å². The van der Waals surface area contributed by atoms with Crippen LogP contribution in [0.4, 0.5) is 5.69 Å². The topological polar surface area (TPSA) is 81.8 Å². The summed E-state index contributed by atoms with van der Waals surface area (Å²) in [5.41, 5.74) is 0.594. The molecule has 1 aliphatic heterocycles. The van der Waals surface area contributed by atoms with Gasteiger partial charge in [0.1, 0.15) is 6.10 Å². The van der Waals surface area contributed by atoms with E-state index in [1.807, 2.05) is 0 Å². The molecule has 0 amide bonds. The molecule has 4 unspecified atom stereocenters. The average molecular weight is 309 g/mol. The van der Waals surface area contributed by atoms with E-state index in [1.165, 1.54) is 6.07 Å². The quantitative estimate of drug-likeness (QED) is 0.618. The third-order valence-electron chi connectivity index (χ3n) is 4.33. The molecule has 22 heavy (non-hydrogen) atoms. The number of hydrogen-bond acceptors (Lipinski definition) is 5. The number of aliphatic hydroxyl groups excluding tert-OH is 1. The van der Waals surface area contributed by atoms with E-state index < -0.39 is 4.92 Å². The molecule has 0 aliphatic carbocycles. The number of nitro benzene ring substituents is 1. The molecule has 1 N–H and O–H groups in total. The van der Waals surface area contributed by atoms with E-state index in [1.54, 1.807) is 18.2 Å².